The van der Waals surface area contributed by atoms with Gasteiger partial charge in [0.2, 0.25) is 0 Å². The lowest BCUT2D eigenvalue weighted by Crippen LogP contribution is -2.41. The second kappa shape index (κ2) is 3.87. The minimum Gasteiger partial charge on any atom is -0.385 e. The fraction of sp³-hybridized carbons (Fsp3) is 0.455. The predicted octanol–water partition coefficient (Wildman–Crippen LogP) is 1.85. The maximum Gasteiger partial charge on any atom is 0.330 e. The molecule has 1 N–H and O–H groups in total. The Morgan fingerprint density at radius 3 is 2.53 bits per heavy atom. The van der Waals surface area contributed by atoms with Crippen molar-refractivity contribution in [1.29, 1.82) is 0 Å². The largest absolute Gasteiger partial charge is 0.385 e. The van der Waals surface area contributed by atoms with E-state index in [9.17, 15) is 8.78 Å². The Bertz CT molecular complexity index is 329. The Hall–Kier alpha value is -1.00. The number of aliphatic hydroxyl groups is 1. The number of benzene rings is 1. The molecule has 1 aliphatic rings. The van der Waals surface area contributed by atoms with Crippen LogP contribution in [0.3, 0.4) is 0 Å². The number of alkyl halides is 2. The van der Waals surface area contributed by atoms with E-state index in [0.29, 0.717) is 0 Å². The highest BCUT2D eigenvalue weighted by Gasteiger charge is 2.49. The molecule has 0 bridgehead atoms. The second-order valence-electron chi connectivity index (χ2n) is 3.80. The van der Waals surface area contributed by atoms with E-state index in [-0.39, 0.29) is 19.5 Å². The first-order chi connectivity index (χ1) is 7.10. The molecule has 15 heavy (non-hydrogen) atoms. The minimum atomic E-state index is -3.09. The standard InChI is InChI=1S/C11H13F2NO/c12-11(13)10(15)6-7-14(11)8-9-4-2-1-3-5-9/h1-5,10,15H,6-8H2. The quantitative estimate of drug-likeness (QED) is 0.758. The molecule has 2 rings (SSSR count). The van der Waals surface area contributed by atoms with Crippen molar-refractivity contribution in [3.63, 3.8) is 0 Å². The highest BCUT2D eigenvalue weighted by molar-refractivity contribution is 5.15. The van der Waals surface area contributed by atoms with Crippen LogP contribution in [0, 0.1) is 0 Å². The van der Waals surface area contributed by atoms with Crippen LogP contribution in [0.5, 0.6) is 0 Å². The van der Waals surface area contributed by atoms with E-state index < -0.39 is 12.2 Å². The molecule has 0 amide bonds. The number of hydrogen-bond donors (Lipinski definition) is 1. The lowest BCUT2D eigenvalue weighted by atomic mass is 10.2. The van der Waals surface area contributed by atoms with Gasteiger partial charge in [-0.2, -0.15) is 8.78 Å². The fourth-order valence-corrected chi connectivity index (χ4v) is 1.80. The normalized spacial score (nSPS) is 25.7. The summed E-state index contributed by atoms with van der Waals surface area (Å²) in [5.41, 5.74) is 0.839. The van der Waals surface area contributed by atoms with Crippen molar-refractivity contribution in [2.24, 2.45) is 0 Å². The molecule has 1 fully saturated rings. The van der Waals surface area contributed by atoms with Crippen molar-refractivity contribution < 1.29 is 13.9 Å². The van der Waals surface area contributed by atoms with Crippen molar-refractivity contribution in [1.82, 2.24) is 4.90 Å². The Balaban J connectivity index is 2.08. The summed E-state index contributed by atoms with van der Waals surface area (Å²) in [6, 6.07) is 6.01. The highest BCUT2D eigenvalue weighted by Crippen LogP contribution is 2.33. The monoisotopic (exact) mass is 213 g/mol. The molecule has 82 valence electrons. The molecule has 0 spiro atoms. The van der Waals surface area contributed by atoms with Crippen molar-refractivity contribution in [2.45, 2.75) is 25.1 Å². The van der Waals surface area contributed by atoms with Crippen LogP contribution in [0.2, 0.25) is 0 Å². The van der Waals surface area contributed by atoms with Crippen LogP contribution in [0.1, 0.15) is 12.0 Å². The van der Waals surface area contributed by atoms with Gasteiger partial charge in [-0.15, -0.1) is 0 Å². The zero-order valence-corrected chi connectivity index (χ0v) is 8.24. The number of likely N-dealkylation sites (tertiary alicyclic amines) is 1. The zero-order chi connectivity index (χ0) is 10.9. The molecule has 2 nitrogen and oxygen atoms in total. The Kier molecular flexibility index (Phi) is 2.71. The van der Waals surface area contributed by atoms with Gasteiger partial charge < -0.3 is 5.11 Å². The summed E-state index contributed by atoms with van der Waals surface area (Å²) >= 11 is 0. The van der Waals surface area contributed by atoms with Gasteiger partial charge in [0.25, 0.3) is 0 Å². The summed E-state index contributed by atoms with van der Waals surface area (Å²) in [6.07, 6.45) is -1.39. The number of nitrogens with zero attached hydrogens (tertiary/aromatic N) is 1. The van der Waals surface area contributed by atoms with Crippen molar-refractivity contribution >= 4 is 0 Å². The number of aliphatic hydroxyl groups excluding tert-OH is 1. The predicted molar refractivity (Wildman–Crippen MR) is 52.4 cm³/mol. The van der Waals surface area contributed by atoms with Crippen molar-refractivity contribution in [2.75, 3.05) is 6.54 Å². The Morgan fingerprint density at radius 2 is 2.00 bits per heavy atom. The highest BCUT2D eigenvalue weighted by atomic mass is 19.3. The molecular weight excluding hydrogens is 200 g/mol. The van der Waals surface area contributed by atoms with E-state index in [4.69, 9.17) is 5.11 Å². The molecule has 1 aliphatic heterocycles. The maximum atomic E-state index is 13.4. The van der Waals surface area contributed by atoms with Crippen LogP contribution in [0.15, 0.2) is 30.3 Å². The van der Waals surface area contributed by atoms with Crippen molar-refractivity contribution in [3.05, 3.63) is 35.9 Å². The number of rotatable bonds is 2. The lowest BCUT2D eigenvalue weighted by molar-refractivity contribution is -0.178. The molecule has 1 atom stereocenters. The third kappa shape index (κ3) is 2.01. The molecule has 1 aromatic rings. The number of hydrogen-bond acceptors (Lipinski definition) is 2. The molecule has 0 saturated carbocycles. The first-order valence-corrected chi connectivity index (χ1v) is 4.95. The van der Waals surface area contributed by atoms with Crippen LogP contribution in [0.25, 0.3) is 0 Å². The molecular formula is C11H13F2NO. The molecule has 0 aliphatic carbocycles. The van der Waals surface area contributed by atoms with E-state index in [0.717, 1.165) is 10.5 Å². The maximum absolute atomic E-state index is 13.4. The van der Waals surface area contributed by atoms with E-state index >= 15 is 0 Å². The van der Waals surface area contributed by atoms with Gasteiger partial charge in [0, 0.05) is 13.1 Å². The van der Waals surface area contributed by atoms with Crippen molar-refractivity contribution in [3.8, 4) is 0 Å². The molecule has 1 heterocycles. The van der Waals surface area contributed by atoms with Gasteiger partial charge in [-0.1, -0.05) is 30.3 Å². The van der Waals surface area contributed by atoms with Gasteiger partial charge in [0.15, 0.2) is 0 Å². The van der Waals surface area contributed by atoms with Gasteiger partial charge in [0.05, 0.1) is 0 Å². The third-order valence-electron chi connectivity index (χ3n) is 2.71. The third-order valence-corrected chi connectivity index (χ3v) is 2.71. The van der Waals surface area contributed by atoms with Crippen LogP contribution < -0.4 is 0 Å². The van der Waals surface area contributed by atoms with Gasteiger partial charge in [-0.05, 0) is 12.0 Å². The number of halogens is 2. The fourth-order valence-electron chi connectivity index (χ4n) is 1.80. The second-order valence-corrected chi connectivity index (χ2v) is 3.80. The summed E-state index contributed by atoms with van der Waals surface area (Å²) in [6.45, 7) is 0.425. The first kappa shape index (κ1) is 10.5. The van der Waals surface area contributed by atoms with Gasteiger partial charge >= 0.3 is 6.05 Å². The molecule has 0 radical (unpaired) electrons. The summed E-state index contributed by atoms with van der Waals surface area (Å²) < 4.78 is 26.7. The van der Waals surface area contributed by atoms with E-state index in [1.807, 2.05) is 18.2 Å². The average molecular weight is 213 g/mol. The average Bonchev–Trinajstić information content (AvgIpc) is 2.47. The summed E-state index contributed by atoms with van der Waals surface area (Å²) in [5, 5.41) is 9.11. The van der Waals surface area contributed by atoms with E-state index in [1.165, 1.54) is 0 Å². The van der Waals surface area contributed by atoms with Gasteiger partial charge in [0.1, 0.15) is 6.10 Å². The smallest absolute Gasteiger partial charge is 0.330 e. The molecule has 1 unspecified atom stereocenters. The first-order valence-electron chi connectivity index (χ1n) is 4.95. The van der Waals surface area contributed by atoms with Gasteiger partial charge in [-0.3, -0.25) is 0 Å². The summed E-state index contributed by atoms with van der Waals surface area (Å²) in [5.74, 6) is 0. The van der Waals surface area contributed by atoms with Crippen LogP contribution >= 0.6 is 0 Å². The lowest BCUT2D eigenvalue weighted by Gasteiger charge is -2.25. The SMILES string of the molecule is OC1CCN(Cc2ccccc2)C1(F)F. The van der Waals surface area contributed by atoms with Crippen LogP contribution in [0.4, 0.5) is 8.78 Å². The molecule has 0 aromatic heterocycles. The topological polar surface area (TPSA) is 23.5 Å². The van der Waals surface area contributed by atoms with E-state index in [1.54, 1.807) is 12.1 Å². The van der Waals surface area contributed by atoms with Crippen LogP contribution in [-0.2, 0) is 6.54 Å². The minimum absolute atomic E-state index is 0.139. The van der Waals surface area contributed by atoms with E-state index in [2.05, 4.69) is 0 Å². The summed E-state index contributed by atoms with van der Waals surface area (Å²) in [4.78, 5) is 1.02. The molecule has 4 heteroatoms. The van der Waals surface area contributed by atoms with Gasteiger partial charge in [-0.25, -0.2) is 4.90 Å². The summed E-state index contributed by atoms with van der Waals surface area (Å²) in [7, 11) is 0. The Morgan fingerprint density at radius 1 is 1.33 bits per heavy atom. The zero-order valence-electron chi connectivity index (χ0n) is 8.24. The Labute approximate surface area is 87.1 Å². The van der Waals surface area contributed by atoms with Crippen LogP contribution in [-0.4, -0.2) is 28.7 Å². The molecule has 1 aromatic carbocycles. The molecule has 1 saturated heterocycles.